The van der Waals surface area contributed by atoms with Crippen LogP contribution in [0.25, 0.3) is 0 Å². The molecule has 0 aliphatic carbocycles. The minimum atomic E-state index is -0.333. The van der Waals surface area contributed by atoms with Gasteiger partial charge in [-0.1, -0.05) is 11.6 Å². The zero-order chi connectivity index (χ0) is 9.97. The van der Waals surface area contributed by atoms with E-state index in [2.05, 4.69) is 9.68 Å². The van der Waals surface area contributed by atoms with Crippen molar-refractivity contribution in [2.24, 2.45) is 5.73 Å². The Bertz CT molecular complexity index is 355. The summed E-state index contributed by atoms with van der Waals surface area (Å²) in [7, 11) is 0. The quantitative estimate of drug-likeness (QED) is 0.747. The fourth-order valence-corrected chi connectivity index (χ4v) is 2.07. The standard InChI is InChI=1S/C9H15N3O2/c10-6-5-7-3-1-2-4-8-11-14-9(13)12(7)8/h7H,1-6,10H2. The van der Waals surface area contributed by atoms with Crippen molar-refractivity contribution in [3.63, 3.8) is 0 Å². The zero-order valence-electron chi connectivity index (χ0n) is 8.11. The molecule has 14 heavy (non-hydrogen) atoms. The van der Waals surface area contributed by atoms with Gasteiger partial charge in [0.15, 0.2) is 5.82 Å². The largest absolute Gasteiger partial charge is 0.441 e. The molecule has 78 valence electrons. The van der Waals surface area contributed by atoms with E-state index in [1.54, 1.807) is 4.57 Å². The van der Waals surface area contributed by atoms with Gasteiger partial charge >= 0.3 is 5.76 Å². The van der Waals surface area contributed by atoms with Crippen LogP contribution in [0.1, 0.15) is 37.5 Å². The van der Waals surface area contributed by atoms with Crippen molar-refractivity contribution < 1.29 is 4.52 Å². The number of hydrogen-bond acceptors (Lipinski definition) is 4. The van der Waals surface area contributed by atoms with Crippen LogP contribution in [0.15, 0.2) is 9.32 Å². The third-order valence-corrected chi connectivity index (χ3v) is 2.76. The Morgan fingerprint density at radius 2 is 2.43 bits per heavy atom. The molecule has 1 unspecified atom stereocenters. The summed E-state index contributed by atoms with van der Waals surface area (Å²) in [5.41, 5.74) is 5.52. The normalized spacial score (nSPS) is 21.6. The number of aryl methyl sites for hydroxylation is 1. The van der Waals surface area contributed by atoms with E-state index in [0.29, 0.717) is 6.54 Å². The molecule has 1 aromatic rings. The Balaban J connectivity index is 2.35. The first kappa shape index (κ1) is 9.45. The van der Waals surface area contributed by atoms with Gasteiger partial charge in [-0.05, 0) is 25.8 Å². The number of aromatic nitrogens is 2. The second-order valence-electron chi connectivity index (χ2n) is 3.71. The lowest BCUT2D eigenvalue weighted by molar-refractivity contribution is 0.348. The van der Waals surface area contributed by atoms with E-state index < -0.39 is 0 Å². The molecule has 2 heterocycles. The molecule has 0 radical (unpaired) electrons. The molecule has 2 rings (SSSR count). The topological polar surface area (TPSA) is 74.1 Å². The minimum Gasteiger partial charge on any atom is -0.330 e. The number of rotatable bonds is 2. The first-order valence-electron chi connectivity index (χ1n) is 5.10. The third kappa shape index (κ3) is 1.59. The van der Waals surface area contributed by atoms with Gasteiger partial charge in [0.05, 0.1) is 0 Å². The average molecular weight is 197 g/mol. The molecular formula is C9H15N3O2. The molecule has 5 nitrogen and oxygen atoms in total. The maximum absolute atomic E-state index is 11.4. The number of fused-ring (bicyclic) bond motifs is 1. The molecule has 0 amide bonds. The van der Waals surface area contributed by atoms with E-state index in [0.717, 1.165) is 37.9 Å². The highest BCUT2D eigenvalue weighted by Gasteiger charge is 2.21. The van der Waals surface area contributed by atoms with E-state index in [4.69, 9.17) is 5.73 Å². The number of hydrogen-bond donors (Lipinski definition) is 1. The van der Waals surface area contributed by atoms with Crippen molar-refractivity contribution in [3.8, 4) is 0 Å². The number of nitrogens with two attached hydrogens (primary N) is 1. The molecule has 2 N–H and O–H groups in total. The van der Waals surface area contributed by atoms with Crippen molar-refractivity contribution in [1.82, 2.24) is 9.72 Å². The summed E-state index contributed by atoms with van der Waals surface area (Å²) < 4.78 is 6.35. The first-order chi connectivity index (χ1) is 6.83. The lowest BCUT2D eigenvalue weighted by Crippen LogP contribution is -2.23. The third-order valence-electron chi connectivity index (χ3n) is 2.76. The molecule has 0 spiro atoms. The van der Waals surface area contributed by atoms with Crippen LogP contribution in [-0.4, -0.2) is 16.3 Å². The highest BCUT2D eigenvalue weighted by molar-refractivity contribution is 4.91. The Labute approximate surface area is 81.9 Å². The van der Waals surface area contributed by atoms with Gasteiger partial charge in [0.1, 0.15) is 0 Å². The molecular weight excluding hydrogens is 182 g/mol. The zero-order valence-corrected chi connectivity index (χ0v) is 8.11. The Hall–Kier alpha value is -1.10. The van der Waals surface area contributed by atoms with Gasteiger partial charge in [-0.25, -0.2) is 4.79 Å². The van der Waals surface area contributed by atoms with Crippen LogP contribution in [0.2, 0.25) is 0 Å². The monoisotopic (exact) mass is 197 g/mol. The van der Waals surface area contributed by atoms with E-state index in [9.17, 15) is 4.79 Å². The predicted octanol–water partition coefficient (Wildman–Crippen LogP) is 0.453. The molecule has 0 saturated heterocycles. The van der Waals surface area contributed by atoms with Gasteiger partial charge in [0.25, 0.3) is 0 Å². The van der Waals surface area contributed by atoms with E-state index in [-0.39, 0.29) is 11.8 Å². The lowest BCUT2D eigenvalue weighted by atomic mass is 10.1. The summed E-state index contributed by atoms with van der Waals surface area (Å²) in [6.07, 6.45) is 4.88. The van der Waals surface area contributed by atoms with Gasteiger partial charge in [0, 0.05) is 12.5 Å². The Morgan fingerprint density at radius 1 is 1.57 bits per heavy atom. The molecule has 0 aromatic carbocycles. The van der Waals surface area contributed by atoms with Crippen LogP contribution in [0.5, 0.6) is 0 Å². The summed E-state index contributed by atoms with van der Waals surface area (Å²) >= 11 is 0. The smallest absolute Gasteiger partial charge is 0.330 e. The molecule has 5 heteroatoms. The van der Waals surface area contributed by atoms with Crippen LogP contribution < -0.4 is 11.5 Å². The van der Waals surface area contributed by atoms with Crippen molar-refractivity contribution in [2.45, 2.75) is 38.1 Å². The second-order valence-corrected chi connectivity index (χ2v) is 3.71. The highest BCUT2D eigenvalue weighted by Crippen LogP contribution is 2.23. The van der Waals surface area contributed by atoms with Crippen molar-refractivity contribution >= 4 is 0 Å². The highest BCUT2D eigenvalue weighted by atomic mass is 16.5. The SMILES string of the molecule is NCCC1CCCCc2noc(=O)n21. The maximum Gasteiger partial charge on any atom is 0.441 e. The lowest BCUT2D eigenvalue weighted by Gasteiger charge is -2.13. The predicted molar refractivity (Wildman–Crippen MR) is 51.0 cm³/mol. The molecule has 1 aliphatic rings. The van der Waals surface area contributed by atoms with Crippen molar-refractivity contribution in [2.75, 3.05) is 6.54 Å². The molecule has 0 bridgehead atoms. The summed E-state index contributed by atoms with van der Waals surface area (Å²) in [4.78, 5) is 11.4. The fourth-order valence-electron chi connectivity index (χ4n) is 2.07. The second kappa shape index (κ2) is 3.96. The summed E-state index contributed by atoms with van der Waals surface area (Å²) in [6, 6.07) is 0.191. The summed E-state index contributed by atoms with van der Waals surface area (Å²) in [5, 5.41) is 3.78. The van der Waals surface area contributed by atoms with Gasteiger partial charge in [-0.15, -0.1) is 0 Å². The van der Waals surface area contributed by atoms with Crippen molar-refractivity contribution in [1.29, 1.82) is 0 Å². The minimum absolute atomic E-state index is 0.191. The van der Waals surface area contributed by atoms with Gasteiger partial charge in [-0.2, -0.15) is 0 Å². The number of nitrogens with zero attached hydrogens (tertiary/aromatic N) is 2. The molecule has 0 saturated carbocycles. The molecule has 1 aliphatic heterocycles. The van der Waals surface area contributed by atoms with Crippen LogP contribution in [0.3, 0.4) is 0 Å². The van der Waals surface area contributed by atoms with E-state index >= 15 is 0 Å². The Morgan fingerprint density at radius 3 is 3.21 bits per heavy atom. The molecule has 1 atom stereocenters. The maximum atomic E-state index is 11.4. The molecule has 1 aromatic heterocycles. The van der Waals surface area contributed by atoms with Gasteiger partial charge in [-0.3, -0.25) is 9.09 Å². The fraction of sp³-hybridized carbons (Fsp3) is 0.778. The van der Waals surface area contributed by atoms with Crippen LogP contribution in [0, 0.1) is 0 Å². The Kier molecular flexibility index (Phi) is 2.67. The average Bonchev–Trinajstić information content (AvgIpc) is 2.43. The first-order valence-corrected chi connectivity index (χ1v) is 5.10. The van der Waals surface area contributed by atoms with Gasteiger partial charge in [0.2, 0.25) is 0 Å². The van der Waals surface area contributed by atoms with Gasteiger partial charge < -0.3 is 5.73 Å². The molecule has 0 fully saturated rings. The van der Waals surface area contributed by atoms with Crippen LogP contribution in [0.4, 0.5) is 0 Å². The van der Waals surface area contributed by atoms with E-state index in [1.165, 1.54) is 0 Å². The van der Waals surface area contributed by atoms with Crippen LogP contribution >= 0.6 is 0 Å². The van der Waals surface area contributed by atoms with Crippen molar-refractivity contribution in [3.05, 3.63) is 16.4 Å². The summed E-state index contributed by atoms with van der Waals surface area (Å²) in [6.45, 7) is 0.599. The van der Waals surface area contributed by atoms with E-state index in [1.807, 2.05) is 0 Å². The summed E-state index contributed by atoms with van der Waals surface area (Å²) in [5.74, 6) is 0.450. The van der Waals surface area contributed by atoms with Crippen LogP contribution in [-0.2, 0) is 6.42 Å².